The predicted octanol–water partition coefficient (Wildman–Crippen LogP) is 3.11. The van der Waals surface area contributed by atoms with Crippen LogP contribution in [0.4, 0.5) is 0 Å². The summed E-state index contributed by atoms with van der Waals surface area (Å²) in [7, 11) is 0. The van der Waals surface area contributed by atoms with Crippen molar-refractivity contribution in [1.29, 1.82) is 0 Å². The average Bonchev–Trinajstić information content (AvgIpc) is 2.49. The van der Waals surface area contributed by atoms with Crippen LogP contribution in [0.15, 0.2) is 30.3 Å². The van der Waals surface area contributed by atoms with Crippen LogP contribution in [0.1, 0.15) is 37.3 Å². The normalized spacial score (nSPS) is 22.0. The maximum absolute atomic E-state index is 12.3. The lowest BCUT2D eigenvalue weighted by Gasteiger charge is -2.36. The molecule has 1 saturated heterocycles. The number of hydrogen-bond acceptors (Lipinski definition) is 2. The zero-order valence-electron chi connectivity index (χ0n) is 13.2. The number of likely N-dealkylation sites (tertiary alicyclic amines) is 1. The first kappa shape index (κ1) is 16.3. The Bertz CT molecular complexity index is 562. The summed E-state index contributed by atoms with van der Waals surface area (Å²) < 4.78 is 0. The Labute approximate surface area is 131 Å². The average molecular weight is 301 g/mol. The van der Waals surface area contributed by atoms with Crippen LogP contribution in [0, 0.1) is 12.8 Å². The lowest BCUT2D eigenvalue weighted by molar-refractivity contribution is -0.146. The number of carbonyl (C=O) groups is 2. The Morgan fingerprint density at radius 3 is 2.59 bits per heavy atom. The van der Waals surface area contributed by atoms with Crippen molar-refractivity contribution in [3.05, 3.63) is 41.5 Å². The molecule has 1 aliphatic heterocycles. The molecule has 4 nitrogen and oxygen atoms in total. The summed E-state index contributed by atoms with van der Waals surface area (Å²) in [6.07, 6.45) is 5.50. The Morgan fingerprint density at radius 1 is 1.27 bits per heavy atom. The zero-order chi connectivity index (χ0) is 16.1. The highest BCUT2D eigenvalue weighted by atomic mass is 16.4. The fourth-order valence-corrected chi connectivity index (χ4v) is 2.75. The van der Waals surface area contributed by atoms with Crippen LogP contribution >= 0.6 is 0 Å². The van der Waals surface area contributed by atoms with Gasteiger partial charge in [-0.2, -0.15) is 0 Å². The van der Waals surface area contributed by atoms with Gasteiger partial charge >= 0.3 is 5.97 Å². The minimum atomic E-state index is -0.806. The number of amides is 1. The number of hydrogen-bond donors (Lipinski definition) is 1. The van der Waals surface area contributed by atoms with Gasteiger partial charge < -0.3 is 10.0 Å². The summed E-state index contributed by atoms with van der Waals surface area (Å²) in [5.41, 5.74) is 2.27. The topological polar surface area (TPSA) is 57.6 Å². The highest BCUT2D eigenvalue weighted by molar-refractivity contribution is 5.80. The van der Waals surface area contributed by atoms with Crippen LogP contribution in [0.3, 0.4) is 0 Å². The summed E-state index contributed by atoms with van der Waals surface area (Å²) in [5.74, 6) is -1.23. The number of nitrogens with zero attached hydrogens (tertiary/aromatic N) is 1. The maximum Gasteiger partial charge on any atom is 0.308 e. The molecule has 118 valence electrons. The molecule has 1 aromatic carbocycles. The maximum atomic E-state index is 12.3. The third-order valence-corrected chi connectivity index (χ3v) is 4.23. The van der Waals surface area contributed by atoms with E-state index in [1.54, 1.807) is 4.90 Å². The molecule has 22 heavy (non-hydrogen) atoms. The van der Waals surface area contributed by atoms with Crippen LogP contribution in [0.25, 0.3) is 6.08 Å². The van der Waals surface area contributed by atoms with Crippen molar-refractivity contribution in [1.82, 2.24) is 4.90 Å². The van der Waals surface area contributed by atoms with Crippen molar-refractivity contribution in [2.24, 2.45) is 5.92 Å². The van der Waals surface area contributed by atoms with E-state index in [4.69, 9.17) is 5.11 Å². The van der Waals surface area contributed by atoms with Crippen LogP contribution in [-0.4, -0.2) is 34.5 Å². The van der Waals surface area contributed by atoms with Gasteiger partial charge in [0.25, 0.3) is 0 Å². The van der Waals surface area contributed by atoms with Gasteiger partial charge in [0.1, 0.15) is 0 Å². The van der Waals surface area contributed by atoms with Crippen molar-refractivity contribution in [3.63, 3.8) is 0 Å². The van der Waals surface area contributed by atoms with E-state index < -0.39 is 11.9 Å². The van der Waals surface area contributed by atoms with E-state index in [2.05, 4.69) is 0 Å². The molecule has 1 aromatic rings. The molecule has 4 heteroatoms. The number of piperidine rings is 1. The standard InChI is InChI=1S/C18H23NO3/c1-13-6-9-15(10-7-13)4-3-5-17(20)19-12-16(18(21)22)11-8-14(19)2/h3-4,6-7,9-10,14,16H,5,8,11-12H2,1-2H3,(H,21,22)/b4-3+. The molecular formula is C18H23NO3. The fraction of sp³-hybridized carbons (Fsp3) is 0.444. The number of benzene rings is 1. The third kappa shape index (κ3) is 4.20. The lowest BCUT2D eigenvalue weighted by Crippen LogP contribution is -2.47. The Morgan fingerprint density at radius 2 is 1.95 bits per heavy atom. The summed E-state index contributed by atoms with van der Waals surface area (Å²) in [6.45, 7) is 4.35. The molecule has 0 aliphatic carbocycles. The Hall–Kier alpha value is -2.10. The van der Waals surface area contributed by atoms with Gasteiger partial charge in [-0.1, -0.05) is 42.0 Å². The fourth-order valence-electron chi connectivity index (χ4n) is 2.75. The van der Waals surface area contributed by atoms with Gasteiger partial charge in [-0.3, -0.25) is 9.59 Å². The van der Waals surface area contributed by atoms with Crippen molar-refractivity contribution >= 4 is 18.0 Å². The monoisotopic (exact) mass is 301 g/mol. The highest BCUT2D eigenvalue weighted by Crippen LogP contribution is 2.23. The highest BCUT2D eigenvalue weighted by Gasteiger charge is 2.31. The Balaban J connectivity index is 1.93. The van der Waals surface area contributed by atoms with Crippen molar-refractivity contribution in [2.75, 3.05) is 6.54 Å². The third-order valence-electron chi connectivity index (χ3n) is 4.23. The second-order valence-corrected chi connectivity index (χ2v) is 6.02. The molecule has 1 amide bonds. The molecule has 2 atom stereocenters. The molecule has 0 aromatic heterocycles. The molecular weight excluding hydrogens is 278 g/mol. The molecule has 2 rings (SSSR count). The first-order valence-electron chi connectivity index (χ1n) is 7.73. The molecule has 1 N–H and O–H groups in total. The van der Waals surface area contributed by atoms with E-state index in [1.807, 2.05) is 50.3 Å². The van der Waals surface area contributed by atoms with Gasteiger partial charge in [0.05, 0.1) is 5.92 Å². The summed E-state index contributed by atoms with van der Waals surface area (Å²) in [5, 5.41) is 9.12. The summed E-state index contributed by atoms with van der Waals surface area (Å²) >= 11 is 0. The van der Waals surface area contributed by atoms with Crippen LogP contribution < -0.4 is 0 Å². The molecule has 0 spiro atoms. The van der Waals surface area contributed by atoms with Gasteiger partial charge in [0, 0.05) is 19.0 Å². The van der Waals surface area contributed by atoms with Gasteiger partial charge in [-0.05, 0) is 32.3 Å². The van der Waals surface area contributed by atoms with Gasteiger partial charge in [0.15, 0.2) is 0 Å². The van der Waals surface area contributed by atoms with Crippen molar-refractivity contribution in [3.8, 4) is 0 Å². The van der Waals surface area contributed by atoms with Gasteiger partial charge in [0.2, 0.25) is 5.91 Å². The van der Waals surface area contributed by atoms with Gasteiger partial charge in [-0.25, -0.2) is 0 Å². The van der Waals surface area contributed by atoms with E-state index in [9.17, 15) is 9.59 Å². The number of carboxylic acid groups (broad SMARTS) is 1. The Kier molecular flexibility index (Phi) is 5.36. The first-order valence-corrected chi connectivity index (χ1v) is 7.73. The SMILES string of the molecule is Cc1ccc(/C=C/CC(=O)N2CC(C(=O)O)CCC2C)cc1. The van der Waals surface area contributed by atoms with Crippen LogP contribution in [0.5, 0.6) is 0 Å². The molecule has 1 heterocycles. The molecule has 0 radical (unpaired) electrons. The minimum Gasteiger partial charge on any atom is -0.481 e. The number of rotatable bonds is 4. The number of carboxylic acids is 1. The van der Waals surface area contributed by atoms with Gasteiger partial charge in [-0.15, -0.1) is 0 Å². The van der Waals surface area contributed by atoms with E-state index in [-0.39, 0.29) is 11.9 Å². The lowest BCUT2D eigenvalue weighted by atomic mass is 9.93. The van der Waals surface area contributed by atoms with Crippen molar-refractivity contribution < 1.29 is 14.7 Å². The van der Waals surface area contributed by atoms with E-state index in [0.29, 0.717) is 19.4 Å². The zero-order valence-corrected chi connectivity index (χ0v) is 13.2. The molecule has 2 unspecified atom stereocenters. The van der Waals surface area contributed by atoms with E-state index in [0.717, 1.165) is 12.0 Å². The smallest absolute Gasteiger partial charge is 0.308 e. The largest absolute Gasteiger partial charge is 0.481 e. The van der Waals surface area contributed by atoms with E-state index >= 15 is 0 Å². The molecule has 1 aliphatic rings. The van der Waals surface area contributed by atoms with E-state index in [1.165, 1.54) is 5.56 Å². The minimum absolute atomic E-state index is 0.00168. The molecule has 1 fully saturated rings. The summed E-state index contributed by atoms with van der Waals surface area (Å²) in [6, 6.07) is 8.22. The number of carbonyl (C=O) groups excluding carboxylic acids is 1. The first-order chi connectivity index (χ1) is 10.5. The van der Waals surface area contributed by atoms with Crippen molar-refractivity contribution in [2.45, 2.75) is 39.2 Å². The predicted molar refractivity (Wildman–Crippen MR) is 86.4 cm³/mol. The second-order valence-electron chi connectivity index (χ2n) is 6.02. The number of aliphatic carboxylic acids is 1. The van der Waals surface area contributed by atoms with Crippen LogP contribution in [0.2, 0.25) is 0 Å². The second kappa shape index (κ2) is 7.25. The molecule has 0 bridgehead atoms. The summed E-state index contributed by atoms with van der Waals surface area (Å²) in [4.78, 5) is 25.1. The van der Waals surface area contributed by atoms with Crippen LogP contribution in [-0.2, 0) is 9.59 Å². The quantitative estimate of drug-likeness (QED) is 0.929. The molecule has 0 saturated carbocycles. The number of aryl methyl sites for hydroxylation is 1.